The van der Waals surface area contributed by atoms with Crippen LogP contribution in [0.1, 0.15) is 24.0 Å². The molecule has 2 atom stereocenters. The Kier molecular flexibility index (Phi) is 5.62. The van der Waals surface area contributed by atoms with Crippen LogP contribution < -0.4 is 5.73 Å². The summed E-state index contributed by atoms with van der Waals surface area (Å²) in [6.45, 7) is 1.86. The lowest BCUT2D eigenvalue weighted by Crippen LogP contribution is -2.51. The first-order chi connectivity index (χ1) is 15.9. The first-order valence-electron chi connectivity index (χ1n) is 11.4. The van der Waals surface area contributed by atoms with Crippen LogP contribution in [0, 0.1) is 11.3 Å². The maximum atomic E-state index is 9.24. The highest BCUT2D eigenvalue weighted by atomic mass is 15.6. The molecule has 1 saturated heterocycles. The SMILES string of the molecule is CN1C=C(C2=CC3=CN(C)N(C)C3C=N2)C(c2ccc(C#N)cc2)=NC1N1CCC(N)CC1. The lowest BCUT2D eigenvalue weighted by atomic mass is 9.95. The minimum absolute atomic E-state index is 0.0872. The van der Waals surface area contributed by atoms with Gasteiger partial charge in [0.15, 0.2) is 6.29 Å². The fourth-order valence-corrected chi connectivity index (χ4v) is 4.81. The molecular formula is C25H30N8. The van der Waals surface area contributed by atoms with Crippen molar-refractivity contribution in [3.8, 4) is 6.07 Å². The molecule has 1 fully saturated rings. The van der Waals surface area contributed by atoms with Crippen LogP contribution in [-0.4, -0.2) is 84.3 Å². The number of fused-ring (bicyclic) bond motifs is 1. The van der Waals surface area contributed by atoms with Crippen molar-refractivity contribution < 1.29 is 0 Å². The van der Waals surface area contributed by atoms with Gasteiger partial charge in [-0.1, -0.05) is 12.1 Å². The van der Waals surface area contributed by atoms with E-state index in [4.69, 9.17) is 15.7 Å². The number of rotatable bonds is 3. The van der Waals surface area contributed by atoms with Crippen molar-refractivity contribution in [2.75, 3.05) is 34.2 Å². The van der Waals surface area contributed by atoms with Gasteiger partial charge in [0.2, 0.25) is 0 Å². The molecule has 170 valence electrons. The van der Waals surface area contributed by atoms with Crippen LogP contribution in [0.5, 0.6) is 0 Å². The molecule has 2 unspecified atom stereocenters. The molecule has 0 radical (unpaired) electrons. The Morgan fingerprint density at radius 3 is 2.48 bits per heavy atom. The van der Waals surface area contributed by atoms with Gasteiger partial charge >= 0.3 is 0 Å². The Balaban J connectivity index is 1.53. The average Bonchev–Trinajstić information content (AvgIpc) is 3.12. The molecule has 1 aromatic carbocycles. The highest BCUT2D eigenvalue weighted by Gasteiger charge is 2.33. The van der Waals surface area contributed by atoms with Crippen molar-refractivity contribution in [2.45, 2.75) is 31.2 Å². The molecule has 8 nitrogen and oxygen atoms in total. The van der Waals surface area contributed by atoms with Crippen LogP contribution in [0.2, 0.25) is 0 Å². The topological polar surface area (TPSA) is 87.5 Å². The molecule has 1 aromatic rings. The van der Waals surface area contributed by atoms with E-state index in [0.717, 1.165) is 48.5 Å². The number of likely N-dealkylation sites (N-methyl/N-ethyl adjacent to an activating group) is 1. The summed E-state index contributed by atoms with van der Waals surface area (Å²) in [6.07, 6.45) is 10.3. The van der Waals surface area contributed by atoms with Gasteiger partial charge in [0.1, 0.15) is 0 Å². The number of benzene rings is 1. The summed E-state index contributed by atoms with van der Waals surface area (Å²) < 4.78 is 0. The molecule has 4 heterocycles. The Morgan fingerprint density at radius 1 is 1.06 bits per heavy atom. The summed E-state index contributed by atoms with van der Waals surface area (Å²) >= 11 is 0. The van der Waals surface area contributed by atoms with Gasteiger partial charge in [0.05, 0.1) is 29.1 Å². The fourth-order valence-electron chi connectivity index (χ4n) is 4.81. The average molecular weight is 443 g/mol. The van der Waals surface area contributed by atoms with Crippen molar-refractivity contribution in [3.05, 3.63) is 70.7 Å². The molecule has 0 bridgehead atoms. The van der Waals surface area contributed by atoms with E-state index in [-0.39, 0.29) is 18.4 Å². The maximum absolute atomic E-state index is 9.24. The van der Waals surface area contributed by atoms with Crippen LogP contribution in [0.25, 0.3) is 0 Å². The van der Waals surface area contributed by atoms with Crippen LogP contribution in [-0.2, 0) is 0 Å². The predicted octanol–water partition coefficient (Wildman–Crippen LogP) is 1.90. The van der Waals surface area contributed by atoms with E-state index in [9.17, 15) is 5.26 Å². The van der Waals surface area contributed by atoms with Crippen molar-refractivity contribution in [1.29, 1.82) is 5.26 Å². The summed E-state index contributed by atoms with van der Waals surface area (Å²) in [5.41, 5.74) is 11.8. The first-order valence-corrected chi connectivity index (χ1v) is 11.4. The van der Waals surface area contributed by atoms with E-state index in [1.165, 1.54) is 5.57 Å². The molecule has 4 aliphatic rings. The lowest BCUT2D eigenvalue weighted by molar-refractivity contribution is 0.0732. The van der Waals surface area contributed by atoms with Gasteiger partial charge < -0.3 is 15.6 Å². The zero-order valence-corrected chi connectivity index (χ0v) is 19.4. The van der Waals surface area contributed by atoms with Gasteiger partial charge in [-0.25, -0.2) is 10.0 Å². The summed E-state index contributed by atoms with van der Waals surface area (Å²) in [6, 6.07) is 10.3. The number of hydrazine groups is 1. The van der Waals surface area contributed by atoms with E-state index in [2.05, 4.69) is 58.5 Å². The van der Waals surface area contributed by atoms with Crippen LogP contribution in [0.3, 0.4) is 0 Å². The van der Waals surface area contributed by atoms with Crippen LogP contribution >= 0.6 is 0 Å². The molecule has 0 aromatic heterocycles. The van der Waals surface area contributed by atoms with Crippen molar-refractivity contribution >= 4 is 11.9 Å². The number of piperidine rings is 1. The molecule has 0 aliphatic carbocycles. The zero-order chi connectivity index (χ0) is 23.1. The predicted molar refractivity (Wildman–Crippen MR) is 130 cm³/mol. The van der Waals surface area contributed by atoms with Crippen LogP contribution in [0.4, 0.5) is 0 Å². The number of nitrogens with two attached hydrogens (primary N) is 1. The third kappa shape index (κ3) is 4.00. The number of nitriles is 1. The fraction of sp³-hybridized carbons (Fsp3) is 0.400. The first kappa shape index (κ1) is 21.6. The molecule has 8 heteroatoms. The van der Waals surface area contributed by atoms with Gasteiger partial charge in [0.25, 0.3) is 0 Å². The number of allylic oxidation sites excluding steroid dienone is 1. The summed E-state index contributed by atoms with van der Waals surface area (Å²) in [7, 11) is 6.18. The number of likely N-dealkylation sites (tertiary alicyclic amines) is 1. The smallest absolute Gasteiger partial charge is 0.178 e. The Bertz CT molecular complexity index is 1110. The molecule has 0 saturated carbocycles. The lowest BCUT2D eigenvalue weighted by Gasteiger charge is -2.41. The zero-order valence-electron chi connectivity index (χ0n) is 19.4. The number of hydrogen-bond acceptors (Lipinski definition) is 8. The standard InChI is InChI=1S/C25H30N8/c1-30-16-21(22-12-19-15-31(2)32(3)23(19)14-28-22)24(18-6-4-17(13-26)5-7-18)29-25(30)33-10-8-20(27)9-11-33/h4-7,12,14-16,20,23,25H,8-11,27H2,1-3H3. The molecular weight excluding hydrogens is 412 g/mol. The Hall–Kier alpha value is -3.25. The molecule has 0 amide bonds. The number of aliphatic imine (C=N–C) groups is 2. The largest absolute Gasteiger partial charge is 0.346 e. The van der Waals surface area contributed by atoms with Crippen molar-refractivity contribution in [3.63, 3.8) is 0 Å². The molecule has 2 N–H and O–H groups in total. The van der Waals surface area contributed by atoms with E-state index < -0.39 is 0 Å². The minimum atomic E-state index is -0.0872. The van der Waals surface area contributed by atoms with Crippen molar-refractivity contribution in [2.24, 2.45) is 15.7 Å². The van der Waals surface area contributed by atoms with Crippen LogP contribution in [0.15, 0.2) is 69.6 Å². The highest BCUT2D eigenvalue weighted by Crippen LogP contribution is 2.32. The Labute approximate surface area is 195 Å². The quantitative estimate of drug-likeness (QED) is 0.769. The number of hydrogen-bond donors (Lipinski definition) is 1. The minimum Gasteiger partial charge on any atom is -0.346 e. The second-order valence-corrected chi connectivity index (χ2v) is 9.12. The Morgan fingerprint density at radius 2 is 1.79 bits per heavy atom. The van der Waals surface area contributed by atoms with E-state index in [0.29, 0.717) is 5.56 Å². The molecule has 33 heavy (non-hydrogen) atoms. The molecule has 5 rings (SSSR count). The summed E-state index contributed by atoms with van der Waals surface area (Å²) in [5.74, 6) is 0. The monoisotopic (exact) mass is 442 g/mol. The summed E-state index contributed by atoms with van der Waals surface area (Å²) in [4.78, 5) is 14.6. The van der Waals surface area contributed by atoms with Gasteiger partial charge in [-0.2, -0.15) is 5.26 Å². The highest BCUT2D eigenvalue weighted by molar-refractivity contribution is 6.16. The van der Waals surface area contributed by atoms with Gasteiger partial charge in [-0.05, 0) is 36.6 Å². The van der Waals surface area contributed by atoms with Gasteiger partial charge in [0, 0.05) is 70.0 Å². The van der Waals surface area contributed by atoms with Gasteiger partial charge in [-0.15, -0.1) is 0 Å². The molecule has 0 spiro atoms. The van der Waals surface area contributed by atoms with E-state index >= 15 is 0 Å². The van der Waals surface area contributed by atoms with Crippen molar-refractivity contribution in [1.82, 2.24) is 19.8 Å². The second-order valence-electron chi connectivity index (χ2n) is 9.12. The third-order valence-electron chi connectivity index (χ3n) is 6.90. The van der Waals surface area contributed by atoms with E-state index in [1.54, 1.807) is 0 Å². The second kappa shape index (κ2) is 8.60. The normalized spacial score (nSPS) is 26.4. The summed E-state index contributed by atoms with van der Waals surface area (Å²) in [5, 5.41) is 13.5. The maximum Gasteiger partial charge on any atom is 0.178 e. The molecule has 4 aliphatic heterocycles. The van der Waals surface area contributed by atoms with E-state index in [1.807, 2.05) is 37.5 Å². The third-order valence-corrected chi connectivity index (χ3v) is 6.90. The van der Waals surface area contributed by atoms with Gasteiger partial charge in [-0.3, -0.25) is 9.89 Å². The number of nitrogens with zero attached hydrogens (tertiary/aromatic N) is 7.